The number of methoxy groups -OCH3 is 1. The highest BCUT2D eigenvalue weighted by atomic mass is 16.5. The fourth-order valence-corrected chi connectivity index (χ4v) is 2.54. The van der Waals surface area contributed by atoms with Crippen LogP contribution < -0.4 is 4.74 Å². The number of aromatic nitrogens is 2. The molecule has 0 radical (unpaired) electrons. The van der Waals surface area contributed by atoms with Crippen molar-refractivity contribution >= 4 is 0 Å². The second-order valence-corrected chi connectivity index (χ2v) is 4.44. The first-order valence-corrected chi connectivity index (χ1v) is 6.00. The number of imidazole rings is 1. The van der Waals surface area contributed by atoms with Gasteiger partial charge >= 0.3 is 0 Å². The molecule has 17 heavy (non-hydrogen) atoms. The van der Waals surface area contributed by atoms with E-state index in [1.54, 1.807) is 7.11 Å². The molecule has 0 aliphatic carbocycles. The van der Waals surface area contributed by atoms with Crippen molar-refractivity contribution in [1.82, 2.24) is 9.55 Å². The average Bonchev–Trinajstić information content (AvgIpc) is 2.94. The smallest absolute Gasteiger partial charge is 0.118 e. The van der Waals surface area contributed by atoms with Gasteiger partial charge in [0.25, 0.3) is 0 Å². The summed E-state index contributed by atoms with van der Waals surface area (Å²) in [5.41, 5.74) is 3.71. The molecule has 2 heterocycles. The number of ether oxygens (including phenoxy) is 1. The van der Waals surface area contributed by atoms with Crippen molar-refractivity contribution in [3.63, 3.8) is 0 Å². The van der Waals surface area contributed by atoms with Crippen LogP contribution in [0.15, 0.2) is 24.3 Å². The summed E-state index contributed by atoms with van der Waals surface area (Å²) in [7, 11) is 1.69. The van der Waals surface area contributed by atoms with Crippen molar-refractivity contribution in [2.24, 2.45) is 0 Å². The largest absolute Gasteiger partial charge is 0.497 e. The molecule has 88 valence electrons. The third kappa shape index (κ3) is 1.62. The van der Waals surface area contributed by atoms with Crippen LogP contribution in [-0.2, 0) is 13.0 Å². The van der Waals surface area contributed by atoms with Crippen LogP contribution in [0, 0.1) is 6.92 Å². The van der Waals surface area contributed by atoms with Gasteiger partial charge in [-0.25, -0.2) is 4.98 Å². The van der Waals surface area contributed by atoms with Gasteiger partial charge in [-0.05, 0) is 44.0 Å². The summed E-state index contributed by atoms with van der Waals surface area (Å²) in [6.45, 7) is 3.20. The minimum absolute atomic E-state index is 0.890. The molecule has 0 saturated carbocycles. The van der Waals surface area contributed by atoms with E-state index in [0.717, 1.165) is 30.2 Å². The predicted molar refractivity (Wildman–Crippen MR) is 67.3 cm³/mol. The molecule has 0 bridgehead atoms. The van der Waals surface area contributed by atoms with Gasteiger partial charge in [0.15, 0.2) is 0 Å². The minimum atomic E-state index is 0.890. The Hall–Kier alpha value is -1.77. The zero-order valence-corrected chi connectivity index (χ0v) is 10.2. The molecule has 3 rings (SSSR count). The Labute approximate surface area is 101 Å². The Bertz CT molecular complexity index is 540. The molecule has 0 atom stereocenters. The van der Waals surface area contributed by atoms with E-state index in [1.807, 2.05) is 12.1 Å². The Morgan fingerprint density at radius 3 is 2.71 bits per heavy atom. The van der Waals surface area contributed by atoms with Crippen molar-refractivity contribution in [1.29, 1.82) is 0 Å². The summed E-state index contributed by atoms with van der Waals surface area (Å²) in [6, 6.07) is 8.15. The van der Waals surface area contributed by atoms with Crippen LogP contribution in [0.1, 0.15) is 17.9 Å². The normalized spacial score (nSPS) is 13.8. The summed E-state index contributed by atoms with van der Waals surface area (Å²) >= 11 is 0. The first-order chi connectivity index (χ1) is 8.29. The number of hydrogen-bond acceptors (Lipinski definition) is 2. The second kappa shape index (κ2) is 3.91. The van der Waals surface area contributed by atoms with Crippen molar-refractivity contribution in [2.75, 3.05) is 7.11 Å². The van der Waals surface area contributed by atoms with Gasteiger partial charge in [-0.15, -0.1) is 0 Å². The molecule has 0 amide bonds. The van der Waals surface area contributed by atoms with E-state index in [4.69, 9.17) is 4.74 Å². The Kier molecular flexibility index (Phi) is 2.39. The van der Waals surface area contributed by atoms with E-state index in [-0.39, 0.29) is 0 Å². The summed E-state index contributed by atoms with van der Waals surface area (Å²) < 4.78 is 7.51. The number of aryl methyl sites for hydroxylation is 1. The molecule has 3 heteroatoms. The van der Waals surface area contributed by atoms with Gasteiger partial charge in [0.1, 0.15) is 11.6 Å². The van der Waals surface area contributed by atoms with E-state index in [0.29, 0.717) is 0 Å². The van der Waals surface area contributed by atoms with E-state index >= 15 is 0 Å². The van der Waals surface area contributed by atoms with Gasteiger partial charge < -0.3 is 9.30 Å². The SMILES string of the molecule is COc1ccc(-c2nc(C)n3c2CCC3)cc1. The van der Waals surface area contributed by atoms with Gasteiger partial charge in [-0.1, -0.05) is 0 Å². The van der Waals surface area contributed by atoms with Crippen molar-refractivity contribution in [2.45, 2.75) is 26.3 Å². The Morgan fingerprint density at radius 1 is 1.24 bits per heavy atom. The topological polar surface area (TPSA) is 27.1 Å². The fraction of sp³-hybridized carbons (Fsp3) is 0.357. The minimum Gasteiger partial charge on any atom is -0.497 e. The zero-order chi connectivity index (χ0) is 11.8. The molecular formula is C14H16N2O. The average molecular weight is 228 g/mol. The van der Waals surface area contributed by atoms with Crippen molar-refractivity contribution in [3.05, 3.63) is 35.8 Å². The quantitative estimate of drug-likeness (QED) is 0.790. The number of hydrogen-bond donors (Lipinski definition) is 0. The molecule has 2 aromatic rings. The van der Waals surface area contributed by atoms with E-state index in [1.165, 1.54) is 17.7 Å². The number of rotatable bonds is 2. The van der Waals surface area contributed by atoms with Crippen molar-refractivity contribution in [3.8, 4) is 17.0 Å². The lowest BCUT2D eigenvalue weighted by molar-refractivity contribution is 0.415. The van der Waals surface area contributed by atoms with Crippen LogP contribution in [0.2, 0.25) is 0 Å². The standard InChI is InChI=1S/C14H16N2O/c1-10-15-14(13-4-3-9-16(10)13)11-5-7-12(17-2)8-6-11/h5-8H,3-4,9H2,1-2H3. The monoisotopic (exact) mass is 228 g/mol. The van der Waals surface area contributed by atoms with Crippen molar-refractivity contribution < 1.29 is 4.74 Å². The maximum atomic E-state index is 5.18. The van der Waals surface area contributed by atoms with Crippen LogP contribution >= 0.6 is 0 Å². The third-order valence-electron chi connectivity index (χ3n) is 3.42. The van der Waals surface area contributed by atoms with Gasteiger partial charge in [-0.3, -0.25) is 0 Å². The van der Waals surface area contributed by atoms with Crippen LogP contribution in [-0.4, -0.2) is 16.7 Å². The van der Waals surface area contributed by atoms with E-state index in [9.17, 15) is 0 Å². The summed E-state index contributed by atoms with van der Waals surface area (Å²) in [5.74, 6) is 2.02. The molecule has 3 nitrogen and oxygen atoms in total. The molecule has 1 aliphatic rings. The maximum absolute atomic E-state index is 5.18. The molecule has 0 fully saturated rings. The summed E-state index contributed by atoms with van der Waals surface area (Å²) in [5, 5.41) is 0. The molecule has 1 aromatic heterocycles. The lowest BCUT2D eigenvalue weighted by Crippen LogP contribution is -1.94. The molecule has 1 aromatic carbocycles. The fourth-order valence-electron chi connectivity index (χ4n) is 2.54. The molecular weight excluding hydrogens is 212 g/mol. The van der Waals surface area contributed by atoms with Gasteiger partial charge in [0, 0.05) is 17.8 Å². The predicted octanol–water partition coefficient (Wildman–Crippen LogP) is 2.81. The highest BCUT2D eigenvalue weighted by molar-refractivity contribution is 5.63. The van der Waals surface area contributed by atoms with Gasteiger partial charge in [-0.2, -0.15) is 0 Å². The Morgan fingerprint density at radius 2 is 2.00 bits per heavy atom. The lowest BCUT2D eigenvalue weighted by atomic mass is 10.1. The highest BCUT2D eigenvalue weighted by Gasteiger charge is 2.20. The molecule has 0 N–H and O–H groups in total. The number of nitrogens with zero attached hydrogens (tertiary/aromatic N) is 2. The molecule has 0 unspecified atom stereocenters. The van der Waals surface area contributed by atoms with Crippen LogP contribution in [0.3, 0.4) is 0 Å². The first-order valence-electron chi connectivity index (χ1n) is 6.00. The molecule has 1 aliphatic heterocycles. The molecule has 0 spiro atoms. The molecule has 0 saturated heterocycles. The lowest BCUT2D eigenvalue weighted by Gasteiger charge is -2.02. The Balaban J connectivity index is 2.06. The highest BCUT2D eigenvalue weighted by Crippen LogP contribution is 2.30. The summed E-state index contributed by atoms with van der Waals surface area (Å²) in [4.78, 5) is 4.68. The third-order valence-corrected chi connectivity index (χ3v) is 3.42. The van der Waals surface area contributed by atoms with E-state index in [2.05, 4.69) is 28.6 Å². The van der Waals surface area contributed by atoms with Crippen LogP contribution in [0.25, 0.3) is 11.3 Å². The van der Waals surface area contributed by atoms with Gasteiger partial charge in [0.2, 0.25) is 0 Å². The number of benzene rings is 1. The first kappa shape index (κ1) is 10.4. The van der Waals surface area contributed by atoms with Crippen LogP contribution in [0.5, 0.6) is 5.75 Å². The second-order valence-electron chi connectivity index (χ2n) is 4.44. The number of fused-ring (bicyclic) bond motifs is 1. The maximum Gasteiger partial charge on any atom is 0.118 e. The summed E-state index contributed by atoms with van der Waals surface area (Å²) in [6.07, 6.45) is 2.38. The van der Waals surface area contributed by atoms with Crippen LogP contribution in [0.4, 0.5) is 0 Å². The van der Waals surface area contributed by atoms with Gasteiger partial charge in [0.05, 0.1) is 12.8 Å². The van der Waals surface area contributed by atoms with E-state index < -0.39 is 0 Å². The zero-order valence-electron chi connectivity index (χ0n) is 10.2.